The molecule has 2 aliphatic heterocycles. The van der Waals surface area contributed by atoms with E-state index in [1.54, 1.807) is 121 Å². The van der Waals surface area contributed by atoms with Crippen molar-refractivity contribution in [3.8, 4) is 0 Å². The van der Waals surface area contributed by atoms with Gasteiger partial charge in [-0.15, -0.1) is 0 Å². The van der Waals surface area contributed by atoms with Crippen molar-refractivity contribution in [1.29, 1.82) is 0 Å². The molecule has 0 amide bonds. The van der Waals surface area contributed by atoms with Crippen LogP contribution in [0.15, 0.2) is 131 Å². The zero-order valence-electron chi connectivity index (χ0n) is 18.8. The molecule has 6 rings (SSSR count). The van der Waals surface area contributed by atoms with Crippen LogP contribution in [0.3, 0.4) is 0 Å². The molecule has 0 saturated carbocycles. The van der Waals surface area contributed by atoms with Gasteiger partial charge < -0.3 is 0 Å². The normalized spacial score (nSPS) is 20.7. The summed E-state index contributed by atoms with van der Waals surface area (Å²) in [7, 11) is -9.25. The zero-order valence-corrected chi connectivity index (χ0v) is 20.4. The Morgan fingerprint density at radius 2 is 0.611 bits per heavy atom. The largest absolute Gasteiger partial charge is 0.299 e. The molecule has 2 aliphatic rings. The molecule has 0 aromatic heterocycles. The minimum atomic E-state index is -4.63. The molecule has 8 heteroatoms. The number of hydrogen-bond acceptors (Lipinski definition) is 6. The highest BCUT2D eigenvalue weighted by atomic mass is 32.2. The van der Waals surface area contributed by atoms with Crippen LogP contribution in [0, 0.1) is 0 Å². The van der Waals surface area contributed by atoms with E-state index >= 15 is 0 Å². The van der Waals surface area contributed by atoms with Crippen LogP contribution < -0.4 is 0 Å². The third-order valence-electron chi connectivity index (χ3n) is 6.54. The van der Waals surface area contributed by atoms with E-state index in [-0.39, 0.29) is 0 Å². The Hall–Kier alpha value is -3.56. The first kappa shape index (κ1) is 22.9. The standard InChI is InChI=1S/C28H20O6S2/c29-35(30)25-26(28(34-35,23-17-9-3-10-18-23)24-19-11-4-12-20-24)36(31,32)33-27(25,21-13-5-1-6-14-21)22-15-7-2-8-16-22/h1-20H. The molecule has 0 saturated heterocycles. The quantitative estimate of drug-likeness (QED) is 0.362. The van der Waals surface area contributed by atoms with Gasteiger partial charge >= 0.3 is 0 Å². The van der Waals surface area contributed by atoms with Gasteiger partial charge in [-0.05, 0) is 22.3 Å². The molecule has 0 N–H and O–H groups in total. The van der Waals surface area contributed by atoms with Gasteiger partial charge in [-0.1, -0.05) is 121 Å². The average molecular weight is 517 g/mol. The Bertz CT molecular complexity index is 1470. The van der Waals surface area contributed by atoms with E-state index in [0.29, 0.717) is 22.3 Å². The van der Waals surface area contributed by atoms with Crippen molar-refractivity contribution in [2.45, 2.75) is 11.2 Å². The number of rotatable bonds is 4. The summed E-state index contributed by atoms with van der Waals surface area (Å²) >= 11 is 0. The number of benzene rings is 4. The van der Waals surface area contributed by atoms with Crippen LogP contribution in [0.4, 0.5) is 0 Å². The molecule has 4 aromatic rings. The van der Waals surface area contributed by atoms with E-state index < -0.39 is 41.2 Å². The van der Waals surface area contributed by atoms with Crippen LogP contribution >= 0.6 is 0 Å². The third-order valence-corrected chi connectivity index (χ3v) is 9.59. The fourth-order valence-electron chi connectivity index (χ4n) is 5.13. The first-order valence-electron chi connectivity index (χ1n) is 11.2. The van der Waals surface area contributed by atoms with Gasteiger partial charge in [-0.25, -0.2) is 8.37 Å². The summed E-state index contributed by atoms with van der Waals surface area (Å²) < 4.78 is 68.0. The highest BCUT2D eigenvalue weighted by molar-refractivity contribution is 7.96. The first-order valence-corrected chi connectivity index (χ1v) is 14.0. The zero-order chi connectivity index (χ0) is 25.0. The van der Waals surface area contributed by atoms with E-state index in [9.17, 15) is 16.8 Å². The molecule has 2 heterocycles. The van der Waals surface area contributed by atoms with Crippen molar-refractivity contribution >= 4 is 20.2 Å². The lowest BCUT2D eigenvalue weighted by atomic mass is 9.81. The van der Waals surface area contributed by atoms with Crippen LogP contribution in [0.2, 0.25) is 0 Å². The van der Waals surface area contributed by atoms with E-state index in [1.165, 1.54) is 0 Å². The summed E-state index contributed by atoms with van der Waals surface area (Å²) in [6.07, 6.45) is 0. The fraction of sp³-hybridized carbons (Fsp3) is 0.0714. The summed E-state index contributed by atoms with van der Waals surface area (Å²) in [5, 5.41) is 0. The lowest BCUT2D eigenvalue weighted by Gasteiger charge is -2.32. The number of hydrogen-bond donors (Lipinski definition) is 0. The molecule has 0 unspecified atom stereocenters. The summed E-state index contributed by atoms with van der Waals surface area (Å²) in [4.78, 5) is -0.861. The van der Waals surface area contributed by atoms with Gasteiger partial charge in [0.15, 0.2) is 11.2 Å². The fourth-order valence-corrected chi connectivity index (χ4v) is 9.22. The van der Waals surface area contributed by atoms with Crippen molar-refractivity contribution in [2.24, 2.45) is 0 Å². The second-order valence-electron chi connectivity index (χ2n) is 8.56. The Kier molecular flexibility index (Phi) is 5.07. The maximum absolute atomic E-state index is 14.0. The van der Waals surface area contributed by atoms with Gasteiger partial charge in [-0.3, -0.25) is 0 Å². The van der Waals surface area contributed by atoms with Gasteiger partial charge in [0.1, 0.15) is 9.81 Å². The average Bonchev–Trinajstić information content (AvgIpc) is 3.35. The van der Waals surface area contributed by atoms with Crippen LogP contribution in [0.5, 0.6) is 0 Å². The van der Waals surface area contributed by atoms with E-state index in [4.69, 9.17) is 8.37 Å². The molecule has 0 bridgehead atoms. The molecule has 0 atom stereocenters. The minimum Gasteiger partial charge on any atom is -0.244 e. The van der Waals surface area contributed by atoms with Crippen LogP contribution in [-0.4, -0.2) is 16.8 Å². The van der Waals surface area contributed by atoms with E-state index in [0.717, 1.165) is 0 Å². The lowest BCUT2D eigenvalue weighted by Crippen LogP contribution is -2.37. The van der Waals surface area contributed by atoms with Gasteiger partial charge in [0.05, 0.1) is 0 Å². The molecule has 6 nitrogen and oxygen atoms in total. The van der Waals surface area contributed by atoms with Crippen LogP contribution in [-0.2, 0) is 39.8 Å². The van der Waals surface area contributed by atoms with E-state index in [2.05, 4.69) is 0 Å². The molecule has 0 aliphatic carbocycles. The molecular formula is C28H20O6S2. The molecule has 0 radical (unpaired) electrons. The smallest absolute Gasteiger partial charge is 0.244 e. The first-order chi connectivity index (χ1) is 17.3. The Morgan fingerprint density at radius 3 is 0.833 bits per heavy atom. The predicted octanol–water partition coefficient (Wildman–Crippen LogP) is 4.81. The summed E-state index contributed by atoms with van der Waals surface area (Å²) in [5.74, 6) is 0. The van der Waals surface area contributed by atoms with E-state index in [1.807, 2.05) is 0 Å². The van der Waals surface area contributed by atoms with Gasteiger partial charge in [-0.2, -0.15) is 16.8 Å². The maximum atomic E-state index is 14.0. The highest BCUT2D eigenvalue weighted by Gasteiger charge is 2.70. The molecule has 36 heavy (non-hydrogen) atoms. The Labute approximate surface area is 209 Å². The minimum absolute atomic E-state index is 0.355. The topological polar surface area (TPSA) is 86.7 Å². The molecule has 4 aromatic carbocycles. The van der Waals surface area contributed by atoms with Crippen molar-refractivity contribution in [3.05, 3.63) is 153 Å². The second kappa shape index (κ2) is 7.97. The second-order valence-corrected chi connectivity index (χ2v) is 11.5. The maximum Gasteiger partial charge on any atom is 0.299 e. The molecular weight excluding hydrogens is 496 g/mol. The van der Waals surface area contributed by atoms with Crippen molar-refractivity contribution in [3.63, 3.8) is 0 Å². The summed E-state index contributed by atoms with van der Waals surface area (Å²) in [5.41, 5.74) is -2.49. The SMILES string of the molecule is O=S1(=O)OC(c2ccccc2)(c2ccccc2)C2=C1C(c1ccccc1)(c1ccccc1)OS2(=O)=O. The Morgan fingerprint density at radius 1 is 0.389 bits per heavy atom. The van der Waals surface area contributed by atoms with Crippen molar-refractivity contribution < 1.29 is 25.2 Å². The van der Waals surface area contributed by atoms with Crippen LogP contribution in [0.25, 0.3) is 0 Å². The Balaban J connectivity index is 1.81. The molecule has 0 fully saturated rings. The molecule has 0 spiro atoms. The summed E-state index contributed by atoms with van der Waals surface area (Å²) in [6, 6.07) is 33.9. The monoisotopic (exact) mass is 516 g/mol. The van der Waals surface area contributed by atoms with Gasteiger partial charge in [0.2, 0.25) is 0 Å². The van der Waals surface area contributed by atoms with Crippen molar-refractivity contribution in [1.82, 2.24) is 0 Å². The lowest BCUT2D eigenvalue weighted by molar-refractivity contribution is 0.158. The molecule has 180 valence electrons. The predicted molar refractivity (Wildman–Crippen MR) is 134 cm³/mol. The van der Waals surface area contributed by atoms with Gasteiger partial charge in [0.25, 0.3) is 20.2 Å². The van der Waals surface area contributed by atoms with Crippen molar-refractivity contribution in [2.75, 3.05) is 0 Å². The summed E-state index contributed by atoms with van der Waals surface area (Å²) in [6.45, 7) is 0. The van der Waals surface area contributed by atoms with Crippen LogP contribution in [0.1, 0.15) is 22.3 Å². The van der Waals surface area contributed by atoms with Gasteiger partial charge in [0, 0.05) is 0 Å². The third kappa shape index (κ3) is 3.09. The highest BCUT2D eigenvalue weighted by Crippen LogP contribution is 2.63.